The van der Waals surface area contributed by atoms with Crippen molar-refractivity contribution in [3.8, 4) is 0 Å². The zero-order valence-electron chi connectivity index (χ0n) is 29.8. The average Bonchev–Trinajstić information content (AvgIpc) is 3.05. The van der Waals surface area contributed by atoms with Gasteiger partial charge in [-0.2, -0.15) is 8.42 Å². The first-order valence-electron chi connectivity index (χ1n) is 18.8. The van der Waals surface area contributed by atoms with Gasteiger partial charge in [-0.05, 0) is 12.8 Å². The molecular formula is C35H68O12S. The van der Waals surface area contributed by atoms with Crippen LogP contribution in [0.3, 0.4) is 0 Å². The van der Waals surface area contributed by atoms with Gasteiger partial charge in [0.25, 0.3) is 0 Å². The lowest BCUT2D eigenvalue weighted by Crippen LogP contribution is -2.60. The third-order valence-electron chi connectivity index (χ3n) is 8.73. The Morgan fingerprint density at radius 1 is 0.708 bits per heavy atom. The molecule has 1 saturated heterocycles. The van der Waals surface area contributed by atoms with Crippen molar-refractivity contribution < 1.29 is 56.2 Å². The van der Waals surface area contributed by atoms with Crippen molar-refractivity contribution in [1.29, 1.82) is 0 Å². The van der Waals surface area contributed by atoms with Gasteiger partial charge in [-0.25, -0.2) is 4.18 Å². The summed E-state index contributed by atoms with van der Waals surface area (Å²) in [5.41, 5.74) is 0. The van der Waals surface area contributed by atoms with E-state index in [0.717, 1.165) is 44.9 Å². The zero-order chi connectivity index (χ0) is 35.5. The van der Waals surface area contributed by atoms with Gasteiger partial charge in [0.05, 0.1) is 19.8 Å². The summed E-state index contributed by atoms with van der Waals surface area (Å²) in [6, 6.07) is 0. The minimum absolute atomic E-state index is 0.0423. The standard InChI is InChI=1S/C35H68O12S/c1-3-5-7-9-11-12-13-14-15-16-17-18-19-21-23-25-43-27-29(45-31(37)24-22-20-10-8-6-4-2)28-44-35-33(39)34(47-48(40,41)42)32(38)30(26-36)46-35/h29-30,32-36,38-39H,3-28H2,1-2H3,(H,40,41,42). The molecule has 0 aromatic rings. The van der Waals surface area contributed by atoms with Gasteiger partial charge in [0.15, 0.2) is 6.29 Å². The Balaban J connectivity index is 2.44. The molecule has 286 valence electrons. The summed E-state index contributed by atoms with van der Waals surface area (Å²) in [6.45, 7) is 3.91. The quantitative estimate of drug-likeness (QED) is 0.0354. The minimum Gasteiger partial charge on any atom is -0.457 e. The number of carbonyl (C=O) groups excluding carboxylic acids is 1. The van der Waals surface area contributed by atoms with Gasteiger partial charge in [0.2, 0.25) is 0 Å². The zero-order valence-corrected chi connectivity index (χ0v) is 30.6. The summed E-state index contributed by atoms with van der Waals surface area (Å²) in [6.07, 6.45) is 16.1. The molecule has 6 atom stereocenters. The van der Waals surface area contributed by atoms with Crippen LogP contribution in [0.1, 0.15) is 155 Å². The molecule has 1 rings (SSSR count). The number of aliphatic hydroxyl groups excluding tert-OH is 3. The molecule has 4 N–H and O–H groups in total. The number of ether oxygens (including phenoxy) is 4. The van der Waals surface area contributed by atoms with E-state index in [1.54, 1.807) is 0 Å². The Morgan fingerprint density at radius 2 is 1.19 bits per heavy atom. The summed E-state index contributed by atoms with van der Waals surface area (Å²) in [5, 5.41) is 30.4. The van der Waals surface area contributed by atoms with E-state index < -0.39 is 59.8 Å². The van der Waals surface area contributed by atoms with Crippen molar-refractivity contribution in [3.05, 3.63) is 0 Å². The lowest BCUT2D eigenvalue weighted by atomic mass is 9.99. The number of rotatable bonds is 32. The molecular weight excluding hydrogens is 644 g/mol. The van der Waals surface area contributed by atoms with E-state index in [1.165, 1.54) is 83.5 Å². The molecule has 0 aliphatic carbocycles. The number of esters is 1. The maximum atomic E-state index is 12.6. The van der Waals surface area contributed by atoms with Crippen LogP contribution < -0.4 is 0 Å². The molecule has 0 aromatic heterocycles. The van der Waals surface area contributed by atoms with Crippen molar-refractivity contribution in [2.75, 3.05) is 26.4 Å². The van der Waals surface area contributed by atoms with Gasteiger partial charge in [-0.15, -0.1) is 0 Å². The van der Waals surface area contributed by atoms with Crippen LogP contribution in [-0.2, 0) is 38.3 Å². The van der Waals surface area contributed by atoms with Gasteiger partial charge in [-0.1, -0.05) is 136 Å². The molecule has 0 spiro atoms. The summed E-state index contributed by atoms with van der Waals surface area (Å²) < 4.78 is 58.5. The summed E-state index contributed by atoms with van der Waals surface area (Å²) >= 11 is 0. The van der Waals surface area contributed by atoms with E-state index in [-0.39, 0.29) is 19.6 Å². The minimum atomic E-state index is -5.05. The van der Waals surface area contributed by atoms with E-state index in [9.17, 15) is 28.5 Å². The fourth-order valence-corrected chi connectivity index (χ4v) is 6.36. The van der Waals surface area contributed by atoms with Crippen LogP contribution in [0.2, 0.25) is 0 Å². The van der Waals surface area contributed by atoms with Gasteiger partial charge in [0, 0.05) is 13.0 Å². The number of carbonyl (C=O) groups is 1. The Labute approximate surface area is 290 Å². The summed E-state index contributed by atoms with van der Waals surface area (Å²) in [5.74, 6) is -0.406. The van der Waals surface area contributed by atoms with Crippen LogP contribution in [0.4, 0.5) is 0 Å². The van der Waals surface area contributed by atoms with Crippen molar-refractivity contribution >= 4 is 16.4 Å². The van der Waals surface area contributed by atoms with Gasteiger partial charge < -0.3 is 34.3 Å². The molecule has 6 unspecified atom stereocenters. The third-order valence-corrected chi connectivity index (χ3v) is 9.19. The second kappa shape index (κ2) is 28.8. The van der Waals surface area contributed by atoms with Crippen molar-refractivity contribution in [2.45, 2.75) is 192 Å². The summed E-state index contributed by atoms with van der Waals surface area (Å²) in [4.78, 5) is 12.6. The Hall–Kier alpha value is -0.900. The van der Waals surface area contributed by atoms with Crippen LogP contribution in [0.15, 0.2) is 0 Å². The lowest BCUT2D eigenvalue weighted by Gasteiger charge is -2.41. The first kappa shape index (κ1) is 45.1. The van der Waals surface area contributed by atoms with Gasteiger partial charge in [0.1, 0.15) is 30.5 Å². The Bertz CT molecular complexity index is 874. The number of hydrogen-bond donors (Lipinski definition) is 4. The maximum Gasteiger partial charge on any atom is 0.397 e. The van der Waals surface area contributed by atoms with E-state index in [2.05, 4.69) is 18.0 Å². The number of unbranched alkanes of at least 4 members (excludes halogenated alkanes) is 19. The first-order valence-corrected chi connectivity index (χ1v) is 20.2. The van der Waals surface area contributed by atoms with Crippen LogP contribution in [0, 0.1) is 0 Å². The fraction of sp³-hybridized carbons (Fsp3) is 0.971. The second-order valence-electron chi connectivity index (χ2n) is 13.2. The SMILES string of the molecule is CCCCCCCCCCCCCCCCCOCC(COC1OC(CO)C(O)C(OS(=O)(=O)O)C1O)OC(=O)CCCCCCCC. The molecule has 0 aromatic carbocycles. The smallest absolute Gasteiger partial charge is 0.397 e. The van der Waals surface area contributed by atoms with Crippen LogP contribution in [0.5, 0.6) is 0 Å². The topological polar surface area (TPSA) is 178 Å². The van der Waals surface area contributed by atoms with Crippen molar-refractivity contribution in [1.82, 2.24) is 0 Å². The Kier molecular flexibility index (Phi) is 27.0. The molecule has 12 nitrogen and oxygen atoms in total. The molecule has 1 heterocycles. The van der Waals surface area contributed by atoms with Crippen LogP contribution in [-0.4, -0.2) is 97.5 Å². The van der Waals surface area contributed by atoms with E-state index in [4.69, 9.17) is 23.5 Å². The monoisotopic (exact) mass is 712 g/mol. The fourth-order valence-electron chi connectivity index (χ4n) is 5.85. The molecule has 1 aliphatic heterocycles. The van der Waals surface area contributed by atoms with Crippen LogP contribution >= 0.6 is 0 Å². The molecule has 0 radical (unpaired) electrons. The molecule has 0 saturated carbocycles. The van der Waals surface area contributed by atoms with E-state index in [0.29, 0.717) is 13.0 Å². The highest BCUT2D eigenvalue weighted by atomic mass is 32.3. The molecule has 48 heavy (non-hydrogen) atoms. The number of hydrogen-bond acceptors (Lipinski definition) is 11. The number of aliphatic hydroxyl groups is 3. The highest BCUT2D eigenvalue weighted by molar-refractivity contribution is 7.80. The molecule has 1 fully saturated rings. The molecule has 13 heteroatoms. The van der Waals surface area contributed by atoms with Crippen LogP contribution in [0.25, 0.3) is 0 Å². The first-order chi connectivity index (χ1) is 23.1. The average molecular weight is 713 g/mol. The lowest BCUT2D eigenvalue weighted by molar-refractivity contribution is -0.301. The third kappa shape index (κ3) is 22.7. The van der Waals surface area contributed by atoms with Crippen molar-refractivity contribution in [3.63, 3.8) is 0 Å². The predicted molar refractivity (Wildman–Crippen MR) is 184 cm³/mol. The van der Waals surface area contributed by atoms with Gasteiger partial charge in [-0.3, -0.25) is 9.35 Å². The maximum absolute atomic E-state index is 12.6. The largest absolute Gasteiger partial charge is 0.457 e. The molecule has 0 amide bonds. The summed E-state index contributed by atoms with van der Waals surface area (Å²) in [7, 11) is -5.05. The second-order valence-corrected chi connectivity index (χ2v) is 14.2. The van der Waals surface area contributed by atoms with E-state index in [1.807, 2.05) is 0 Å². The molecule has 0 bridgehead atoms. The predicted octanol–water partition coefficient (Wildman–Crippen LogP) is 6.18. The van der Waals surface area contributed by atoms with Crippen molar-refractivity contribution in [2.24, 2.45) is 0 Å². The Morgan fingerprint density at radius 3 is 1.67 bits per heavy atom. The highest BCUT2D eigenvalue weighted by Gasteiger charge is 2.48. The normalized spacial score (nSPS) is 22.2. The van der Waals surface area contributed by atoms with E-state index >= 15 is 0 Å². The highest BCUT2D eigenvalue weighted by Crippen LogP contribution is 2.26. The van der Waals surface area contributed by atoms with Gasteiger partial charge >= 0.3 is 16.4 Å². The molecule has 1 aliphatic rings.